The summed E-state index contributed by atoms with van der Waals surface area (Å²) in [6, 6.07) is 5.92. The van der Waals surface area contributed by atoms with Crippen LogP contribution in [-0.2, 0) is 20.9 Å². The van der Waals surface area contributed by atoms with Crippen LogP contribution in [0.1, 0.15) is 51.0 Å². The smallest absolute Gasteiger partial charge is 0.302 e. The molecule has 1 aliphatic rings. The van der Waals surface area contributed by atoms with Gasteiger partial charge in [-0.3, -0.25) is 4.79 Å². The average Bonchev–Trinajstić information content (AvgIpc) is 3.00. The van der Waals surface area contributed by atoms with Crippen LogP contribution in [0.3, 0.4) is 0 Å². The minimum Gasteiger partial charge on any atom is -0.466 e. The molecule has 23 heavy (non-hydrogen) atoms. The molecule has 0 radical (unpaired) electrons. The molecule has 1 aliphatic heterocycles. The number of unbranched alkanes of at least 4 members (excludes halogenated alkanes) is 5. The van der Waals surface area contributed by atoms with Crippen molar-refractivity contribution in [2.24, 2.45) is 0 Å². The number of hydrogen-bond acceptors (Lipinski definition) is 5. The number of carbonyl (C=O) groups excluding carboxylic acids is 1. The van der Waals surface area contributed by atoms with Crippen molar-refractivity contribution in [1.82, 2.24) is 0 Å². The molecule has 0 aliphatic carbocycles. The summed E-state index contributed by atoms with van der Waals surface area (Å²) >= 11 is 0. The van der Waals surface area contributed by atoms with Gasteiger partial charge in [0.15, 0.2) is 11.5 Å². The SMILES string of the molecule is CC(=O)OCCCCCCCCOCc1ccc2c(c1)OCO2. The van der Waals surface area contributed by atoms with Gasteiger partial charge in [0.2, 0.25) is 6.79 Å². The summed E-state index contributed by atoms with van der Waals surface area (Å²) < 4.78 is 21.2. The van der Waals surface area contributed by atoms with Gasteiger partial charge in [-0.2, -0.15) is 0 Å². The van der Waals surface area contributed by atoms with Crippen molar-refractivity contribution < 1.29 is 23.7 Å². The maximum Gasteiger partial charge on any atom is 0.302 e. The summed E-state index contributed by atoms with van der Waals surface area (Å²) in [5.74, 6) is 1.42. The summed E-state index contributed by atoms with van der Waals surface area (Å²) in [6.07, 6.45) is 6.71. The maximum atomic E-state index is 10.6. The fourth-order valence-corrected chi connectivity index (χ4v) is 2.45. The number of benzene rings is 1. The van der Waals surface area contributed by atoms with E-state index in [-0.39, 0.29) is 5.97 Å². The Hall–Kier alpha value is -1.75. The minimum absolute atomic E-state index is 0.190. The van der Waals surface area contributed by atoms with Gasteiger partial charge < -0.3 is 18.9 Å². The molecule has 0 bridgehead atoms. The molecule has 0 aromatic heterocycles. The van der Waals surface area contributed by atoms with Crippen LogP contribution >= 0.6 is 0 Å². The molecule has 2 rings (SSSR count). The van der Waals surface area contributed by atoms with E-state index in [1.54, 1.807) is 0 Å². The van der Waals surface area contributed by atoms with Crippen LogP contribution in [0.25, 0.3) is 0 Å². The van der Waals surface area contributed by atoms with E-state index in [0.717, 1.165) is 42.9 Å². The Morgan fingerprint density at radius 3 is 2.48 bits per heavy atom. The van der Waals surface area contributed by atoms with Crippen LogP contribution in [0, 0.1) is 0 Å². The lowest BCUT2D eigenvalue weighted by molar-refractivity contribution is -0.141. The first-order chi connectivity index (χ1) is 11.3. The second-order valence-corrected chi connectivity index (χ2v) is 5.70. The Morgan fingerprint density at radius 2 is 1.70 bits per heavy atom. The summed E-state index contributed by atoms with van der Waals surface area (Å²) in [6.45, 7) is 3.69. The van der Waals surface area contributed by atoms with E-state index in [1.807, 2.05) is 18.2 Å². The Morgan fingerprint density at radius 1 is 1.00 bits per heavy atom. The summed E-state index contributed by atoms with van der Waals surface area (Å²) in [4.78, 5) is 10.6. The normalized spacial score (nSPS) is 12.4. The van der Waals surface area contributed by atoms with Gasteiger partial charge in [-0.1, -0.05) is 31.7 Å². The maximum absolute atomic E-state index is 10.6. The monoisotopic (exact) mass is 322 g/mol. The van der Waals surface area contributed by atoms with Gasteiger partial charge in [-0.05, 0) is 30.5 Å². The third kappa shape index (κ3) is 6.91. The molecule has 0 N–H and O–H groups in total. The Balaban J connectivity index is 1.42. The summed E-state index contributed by atoms with van der Waals surface area (Å²) in [5, 5.41) is 0. The fraction of sp³-hybridized carbons (Fsp3) is 0.611. The predicted octanol–water partition coefficient (Wildman–Crippen LogP) is 3.84. The van der Waals surface area contributed by atoms with E-state index < -0.39 is 0 Å². The quantitative estimate of drug-likeness (QED) is 0.458. The van der Waals surface area contributed by atoms with Crippen molar-refractivity contribution in [3.8, 4) is 11.5 Å². The number of carbonyl (C=O) groups is 1. The van der Waals surface area contributed by atoms with Gasteiger partial charge in [0, 0.05) is 13.5 Å². The molecule has 5 heteroatoms. The van der Waals surface area contributed by atoms with Crippen LogP contribution in [0.4, 0.5) is 0 Å². The average molecular weight is 322 g/mol. The van der Waals surface area contributed by atoms with Gasteiger partial charge >= 0.3 is 5.97 Å². The van der Waals surface area contributed by atoms with Crippen molar-refractivity contribution in [3.05, 3.63) is 23.8 Å². The Bertz CT molecular complexity index is 486. The van der Waals surface area contributed by atoms with Crippen LogP contribution in [0.5, 0.6) is 11.5 Å². The molecule has 1 heterocycles. The molecule has 0 saturated heterocycles. The molecule has 0 amide bonds. The zero-order chi connectivity index (χ0) is 16.3. The lowest BCUT2D eigenvalue weighted by Gasteiger charge is -2.06. The van der Waals surface area contributed by atoms with E-state index in [0.29, 0.717) is 20.0 Å². The largest absolute Gasteiger partial charge is 0.466 e. The zero-order valence-corrected chi connectivity index (χ0v) is 13.8. The lowest BCUT2D eigenvalue weighted by Crippen LogP contribution is -2.00. The highest BCUT2D eigenvalue weighted by Gasteiger charge is 2.12. The molecule has 1 aromatic rings. The van der Waals surface area contributed by atoms with Crippen LogP contribution in [0.15, 0.2) is 18.2 Å². The highest BCUT2D eigenvalue weighted by atomic mass is 16.7. The first kappa shape index (κ1) is 17.6. The minimum atomic E-state index is -0.190. The molecule has 5 nitrogen and oxygen atoms in total. The third-order valence-corrected chi connectivity index (χ3v) is 3.69. The van der Waals surface area contributed by atoms with Crippen molar-refractivity contribution in [2.75, 3.05) is 20.0 Å². The standard InChI is InChI=1S/C18H26O5/c1-15(19)21-11-7-5-3-2-4-6-10-20-13-16-8-9-17-18(12-16)23-14-22-17/h8-9,12H,2-7,10-11,13-14H2,1H3. The molecule has 128 valence electrons. The van der Waals surface area contributed by atoms with Gasteiger partial charge in [-0.15, -0.1) is 0 Å². The number of rotatable bonds is 11. The molecule has 0 fully saturated rings. The highest BCUT2D eigenvalue weighted by molar-refractivity contribution is 5.65. The number of fused-ring (bicyclic) bond motifs is 1. The number of esters is 1. The van der Waals surface area contributed by atoms with Crippen LogP contribution < -0.4 is 9.47 Å². The third-order valence-electron chi connectivity index (χ3n) is 3.69. The van der Waals surface area contributed by atoms with E-state index in [4.69, 9.17) is 18.9 Å². The Labute approximate surface area is 137 Å². The van der Waals surface area contributed by atoms with E-state index >= 15 is 0 Å². The topological polar surface area (TPSA) is 54.0 Å². The van der Waals surface area contributed by atoms with Crippen LogP contribution in [0.2, 0.25) is 0 Å². The fourth-order valence-electron chi connectivity index (χ4n) is 2.45. The molecular weight excluding hydrogens is 296 g/mol. The molecule has 1 aromatic carbocycles. The van der Waals surface area contributed by atoms with Crippen molar-refractivity contribution in [1.29, 1.82) is 0 Å². The molecule has 0 saturated carbocycles. The second-order valence-electron chi connectivity index (χ2n) is 5.70. The Kier molecular flexibility index (Phi) is 7.73. The van der Waals surface area contributed by atoms with Crippen molar-refractivity contribution in [3.63, 3.8) is 0 Å². The molecule has 0 unspecified atom stereocenters. The van der Waals surface area contributed by atoms with Crippen molar-refractivity contribution >= 4 is 5.97 Å². The second kappa shape index (κ2) is 10.1. The first-order valence-corrected chi connectivity index (χ1v) is 8.35. The predicted molar refractivity (Wildman–Crippen MR) is 86.6 cm³/mol. The summed E-state index contributed by atoms with van der Waals surface area (Å²) in [5.41, 5.74) is 1.11. The van der Waals surface area contributed by atoms with Gasteiger partial charge in [0.25, 0.3) is 0 Å². The van der Waals surface area contributed by atoms with Gasteiger partial charge in [0.1, 0.15) is 0 Å². The molecule has 0 spiro atoms. The van der Waals surface area contributed by atoms with Crippen LogP contribution in [-0.4, -0.2) is 26.0 Å². The van der Waals surface area contributed by atoms with E-state index in [9.17, 15) is 4.79 Å². The number of hydrogen-bond donors (Lipinski definition) is 0. The zero-order valence-electron chi connectivity index (χ0n) is 13.8. The first-order valence-electron chi connectivity index (χ1n) is 8.35. The van der Waals surface area contributed by atoms with Gasteiger partial charge in [-0.25, -0.2) is 0 Å². The molecular formula is C18H26O5. The van der Waals surface area contributed by atoms with Crippen molar-refractivity contribution in [2.45, 2.75) is 52.1 Å². The summed E-state index contributed by atoms with van der Waals surface area (Å²) in [7, 11) is 0. The van der Waals surface area contributed by atoms with E-state index in [1.165, 1.54) is 26.2 Å². The highest BCUT2D eigenvalue weighted by Crippen LogP contribution is 2.32. The van der Waals surface area contributed by atoms with E-state index in [2.05, 4.69) is 0 Å². The lowest BCUT2D eigenvalue weighted by atomic mass is 10.1. The van der Waals surface area contributed by atoms with Gasteiger partial charge in [0.05, 0.1) is 13.2 Å². The number of ether oxygens (including phenoxy) is 4. The molecule has 0 atom stereocenters.